The standard InChI is InChI=1S/C16H31PS2/c1-13(2,3)17-14(4,5)11-16(12-15(17,6)7)18-9-8-10-19-16/h8-12H2,1-7H3. The van der Waals surface area contributed by atoms with Gasteiger partial charge in [-0.25, -0.2) is 0 Å². The summed E-state index contributed by atoms with van der Waals surface area (Å²) in [6, 6.07) is 0. The monoisotopic (exact) mass is 318 g/mol. The molecular formula is C16H31PS2. The van der Waals surface area contributed by atoms with E-state index in [4.69, 9.17) is 0 Å². The van der Waals surface area contributed by atoms with Crippen molar-refractivity contribution >= 4 is 31.4 Å². The minimum absolute atomic E-state index is 0.0232. The third-order valence-corrected chi connectivity index (χ3v) is 11.7. The van der Waals surface area contributed by atoms with Gasteiger partial charge in [0.1, 0.15) is 0 Å². The van der Waals surface area contributed by atoms with E-state index in [0.717, 1.165) is 0 Å². The molecular weight excluding hydrogens is 287 g/mol. The van der Waals surface area contributed by atoms with Crippen LogP contribution in [0.3, 0.4) is 0 Å². The molecule has 3 heteroatoms. The van der Waals surface area contributed by atoms with Gasteiger partial charge in [-0.1, -0.05) is 56.4 Å². The van der Waals surface area contributed by atoms with Gasteiger partial charge in [0.15, 0.2) is 0 Å². The molecule has 1 spiro atoms. The molecule has 0 saturated carbocycles. The summed E-state index contributed by atoms with van der Waals surface area (Å²) in [5.74, 6) is 2.76. The number of rotatable bonds is 0. The number of hydrogen-bond acceptors (Lipinski definition) is 2. The molecule has 0 amide bonds. The van der Waals surface area contributed by atoms with Gasteiger partial charge in [0.05, 0.1) is 4.08 Å². The Labute approximate surface area is 130 Å². The molecule has 112 valence electrons. The summed E-state index contributed by atoms with van der Waals surface area (Å²) in [5.41, 5.74) is 0. The Morgan fingerprint density at radius 1 is 0.842 bits per heavy atom. The fraction of sp³-hybridized carbons (Fsp3) is 1.00. The van der Waals surface area contributed by atoms with Crippen LogP contribution in [-0.2, 0) is 0 Å². The third-order valence-electron chi connectivity index (χ3n) is 4.30. The van der Waals surface area contributed by atoms with E-state index < -0.39 is 0 Å². The molecule has 2 heterocycles. The molecule has 0 aromatic rings. The largest absolute Gasteiger partial charge is 0.144 e. The smallest absolute Gasteiger partial charge is 0.0628 e. The Morgan fingerprint density at radius 3 is 1.63 bits per heavy atom. The van der Waals surface area contributed by atoms with Gasteiger partial charge in [0.25, 0.3) is 0 Å². The Bertz CT molecular complexity index is 315. The van der Waals surface area contributed by atoms with Crippen molar-refractivity contribution in [2.24, 2.45) is 0 Å². The van der Waals surface area contributed by atoms with Crippen LogP contribution >= 0.6 is 31.4 Å². The van der Waals surface area contributed by atoms with Crippen LogP contribution in [0.5, 0.6) is 0 Å². The van der Waals surface area contributed by atoms with E-state index >= 15 is 0 Å². The Hall–Kier alpha value is 1.13. The minimum Gasteiger partial charge on any atom is -0.144 e. The zero-order valence-corrected chi connectivity index (χ0v) is 16.3. The molecule has 0 bridgehead atoms. The maximum Gasteiger partial charge on any atom is 0.0628 e. The zero-order valence-electron chi connectivity index (χ0n) is 13.8. The molecule has 0 aromatic carbocycles. The summed E-state index contributed by atoms with van der Waals surface area (Å²) in [4.78, 5) is 0. The van der Waals surface area contributed by atoms with Crippen molar-refractivity contribution in [1.82, 2.24) is 0 Å². The van der Waals surface area contributed by atoms with E-state index in [1.54, 1.807) is 0 Å². The highest BCUT2D eigenvalue weighted by Crippen LogP contribution is 2.76. The topological polar surface area (TPSA) is 0 Å². The van der Waals surface area contributed by atoms with Crippen LogP contribution in [0.15, 0.2) is 0 Å². The summed E-state index contributed by atoms with van der Waals surface area (Å²) >= 11 is 4.55. The summed E-state index contributed by atoms with van der Waals surface area (Å²) in [6.45, 7) is 17.7. The van der Waals surface area contributed by atoms with Crippen LogP contribution in [0.4, 0.5) is 0 Å². The van der Waals surface area contributed by atoms with Gasteiger partial charge >= 0.3 is 0 Å². The summed E-state index contributed by atoms with van der Waals surface area (Å²) in [7, 11) is 0.0232. The lowest BCUT2D eigenvalue weighted by Crippen LogP contribution is -2.51. The normalized spacial score (nSPS) is 30.5. The molecule has 2 aliphatic heterocycles. The van der Waals surface area contributed by atoms with Gasteiger partial charge in [-0.15, -0.1) is 23.5 Å². The highest BCUT2D eigenvalue weighted by atomic mass is 32.2. The van der Waals surface area contributed by atoms with Gasteiger partial charge < -0.3 is 0 Å². The molecule has 0 radical (unpaired) electrons. The molecule has 0 nitrogen and oxygen atoms in total. The second-order valence-corrected chi connectivity index (χ2v) is 16.1. The zero-order chi connectivity index (χ0) is 14.5. The summed E-state index contributed by atoms with van der Waals surface area (Å²) < 4.78 is 0.523. The molecule has 0 unspecified atom stereocenters. The number of thioether (sulfide) groups is 2. The van der Waals surface area contributed by atoms with Gasteiger partial charge in [-0.05, 0) is 46.2 Å². The fourth-order valence-corrected chi connectivity index (χ4v) is 15.7. The average Bonchev–Trinajstić information content (AvgIpc) is 2.10. The Balaban J connectivity index is 2.34. The maximum atomic E-state index is 2.56. The molecule has 2 aliphatic rings. The van der Waals surface area contributed by atoms with E-state index in [2.05, 4.69) is 72.0 Å². The first kappa shape index (κ1) is 16.5. The van der Waals surface area contributed by atoms with E-state index in [0.29, 0.717) is 19.5 Å². The first-order chi connectivity index (χ1) is 8.49. The van der Waals surface area contributed by atoms with Gasteiger partial charge in [0, 0.05) is 0 Å². The van der Waals surface area contributed by atoms with Crippen molar-refractivity contribution < 1.29 is 0 Å². The first-order valence-electron chi connectivity index (χ1n) is 7.57. The lowest BCUT2D eigenvalue weighted by Gasteiger charge is -2.61. The fourth-order valence-electron chi connectivity index (χ4n) is 5.00. The molecule has 0 atom stereocenters. The van der Waals surface area contributed by atoms with Crippen LogP contribution in [0.2, 0.25) is 0 Å². The van der Waals surface area contributed by atoms with E-state index in [-0.39, 0.29) is 7.92 Å². The quantitative estimate of drug-likeness (QED) is 0.489. The van der Waals surface area contributed by atoms with Crippen molar-refractivity contribution in [3.8, 4) is 0 Å². The van der Waals surface area contributed by atoms with Crippen LogP contribution in [0, 0.1) is 0 Å². The van der Waals surface area contributed by atoms with Gasteiger partial charge in [0.2, 0.25) is 0 Å². The lowest BCUT2D eigenvalue weighted by atomic mass is 9.96. The highest BCUT2D eigenvalue weighted by Gasteiger charge is 2.57. The second-order valence-electron chi connectivity index (χ2n) is 8.45. The van der Waals surface area contributed by atoms with Gasteiger partial charge in [-0.3, -0.25) is 0 Å². The van der Waals surface area contributed by atoms with E-state index in [1.165, 1.54) is 30.8 Å². The molecule has 19 heavy (non-hydrogen) atoms. The molecule has 0 N–H and O–H groups in total. The Kier molecular flexibility index (Phi) is 4.42. The predicted molar refractivity (Wildman–Crippen MR) is 96.3 cm³/mol. The molecule has 0 aliphatic carbocycles. The van der Waals surface area contributed by atoms with Crippen molar-refractivity contribution in [1.29, 1.82) is 0 Å². The maximum absolute atomic E-state index is 2.56. The van der Waals surface area contributed by atoms with Crippen LogP contribution in [-0.4, -0.2) is 31.1 Å². The van der Waals surface area contributed by atoms with Crippen molar-refractivity contribution in [3.63, 3.8) is 0 Å². The highest BCUT2D eigenvalue weighted by molar-refractivity contribution is 8.18. The van der Waals surface area contributed by atoms with Crippen LogP contribution in [0.1, 0.15) is 67.7 Å². The van der Waals surface area contributed by atoms with Crippen LogP contribution < -0.4 is 0 Å². The predicted octanol–water partition coefficient (Wildman–Crippen LogP) is 6.18. The molecule has 2 saturated heterocycles. The van der Waals surface area contributed by atoms with E-state index in [1.807, 2.05) is 0 Å². The van der Waals surface area contributed by atoms with Crippen molar-refractivity contribution in [2.75, 3.05) is 11.5 Å². The number of hydrogen-bond donors (Lipinski definition) is 0. The summed E-state index contributed by atoms with van der Waals surface area (Å²) in [6.07, 6.45) is 4.25. The van der Waals surface area contributed by atoms with Crippen molar-refractivity contribution in [2.45, 2.75) is 87.3 Å². The second kappa shape index (κ2) is 5.10. The Morgan fingerprint density at radius 2 is 1.26 bits per heavy atom. The lowest BCUT2D eigenvalue weighted by molar-refractivity contribution is 0.439. The molecule has 2 fully saturated rings. The third kappa shape index (κ3) is 3.32. The van der Waals surface area contributed by atoms with Crippen LogP contribution in [0.25, 0.3) is 0 Å². The first-order valence-corrected chi connectivity index (χ1v) is 10.9. The molecule has 0 aromatic heterocycles. The van der Waals surface area contributed by atoms with Gasteiger partial charge in [-0.2, -0.15) is 0 Å². The minimum atomic E-state index is 0.0232. The molecule has 2 rings (SSSR count). The summed E-state index contributed by atoms with van der Waals surface area (Å²) in [5, 5.41) is 1.48. The SMILES string of the molecule is CC(C)(C)P1C(C)(C)CC2(CC1(C)C)SCCCS2. The van der Waals surface area contributed by atoms with E-state index in [9.17, 15) is 0 Å². The average molecular weight is 319 g/mol. The van der Waals surface area contributed by atoms with Crippen molar-refractivity contribution in [3.05, 3.63) is 0 Å².